The molecule has 1 N–H and O–H groups in total. The van der Waals surface area contributed by atoms with Gasteiger partial charge in [0, 0.05) is 31.9 Å². The standard InChI is InChI=1S/C13H21N3O/c1-3-14-13-5-4-11(8-15-13)9-16(2)12-6-7-17-10-12/h4-5,8,12H,3,6-7,9-10H2,1-2H3,(H,14,15). The SMILES string of the molecule is CCNc1ccc(CN(C)C2CCOC2)cn1. The quantitative estimate of drug-likeness (QED) is 0.843. The van der Waals surface area contributed by atoms with Gasteiger partial charge in [-0.05, 0) is 32.0 Å². The number of hydrogen-bond acceptors (Lipinski definition) is 4. The fourth-order valence-electron chi connectivity index (χ4n) is 2.09. The van der Waals surface area contributed by atoms with Crippen molar-refractivity contribution in [1.29, 1.82) is 0 Å². The van der Waals surface area contributed by atoms with Gasteiger partial charge in [0.15, 0.2) is 0 Å². The summed E-state index contributed by atoms with van der Waals surface area (Å²) in [6.07, 6.45) is 3.09. The van der Waals surface area contributed by atoms with Gasteiger partial charge in [-0.15, -0.1) is 0 Å². The zero-order chi connectivity index (χ0) is 12.1. The molecule has 94 valence electrons. The van der Waals surface area contributed by atoms with Crippen molar-refractivity contribution >= 4 is 5.82 Å². The van der Waals surface area contributed by atoms with Crippen LogP contribution in [0.4, 0.5) is 5.82 Å². The number of hydrogen-bond donors (Lipinski definition) is 1. The topological polar surface area (TPSA) is 37.4 Å². The monoisotopic (exact) mass is 235 g/mol. The average Bonchev–Trinajstić information content (AvgIpc) is 2.86. The van der Waals surface area contributed by atoms with Crippen molar-refractivity contribution in [1.82, 2.24) is 9.88 Å². The van der Waals surface area contributed by atoms with Crippen molar-refractivity contribution in [3.05, 3.63) is 23.9 Å². The Morgan fingerprint density at radius 1 is 1.53 bits per heavy atom. The largest absolute Gasteiger partial charge is 0.380 e. The van der Waals surface area contributed by atoms with E-state index in [-0.39, 0.29) is 0 Å². The number of pyridine rings is 1. The van der Waals surface area contributed by atoms with Crippen molar-refractivity contribution < 1.29 is 4.74 Å². The molecule has 1 aromatic rings. The molecule has 0 radical (unpaired) electrons. The van der Waals surface area contributed by atoms with Crippen molar-refractivity contribution in [3.63, 3.8) is 0 Å². The summed E-state index contributed by atoms with van der Waals surface area (Å²) in [4.78, 5) is 6.72. The molecule has 1 aliphatic heterocycles. The van der Waals surface area contributed by atoms with E-state index in [2.05, 4.69) is 35.2 Å². The predicted molar refractivity (Wildman–Crippen MR) is 69.1 cm³/mol. The lowest BCUT2D eigenvalue weighted by atomic mass is 10.2. The molecule has 1 unspecified atom stereocenters. The Kier molecular flexibility index (Phi) is 4.34. The van der Waals surface area contributed by atoms with Gasteiger partial charge >= 0.3 is 0 Å². The summed E-state index contributed by atoms with van der Waals surface area (Å²) < 4.78 is 5.40. The van der Waals surface area contributed by atoms with Crippen molar-refractivity contribution in [3.8, 4) is 0 Å². The van der Waals surface area contributed by atoms with Gasteiger partial charge in [-0.1, -0.05) is 6.07 Å². The van der Waals surface area contributed by atoms with Gasteiger partial charge < -0.3 is 10.1 Å². The predicted octanol–water partition coefficient (Wildman–Crippen LogP) is 1.73. The lowest BCUT2D eigenvalue weighted by molar-refractivity contribution is 0.156. The summed E-state index contributed by atoms with van der Waals surface area (Å²) in [5, 5.41) is 3.20. The van der Waals surface area contributed by atoms with Gasteiger partial charge in [-0.25, -0.2) is 4.98 Å². The number of likely N-dealkylation sites (N-methyl/N-ethyl adjacent to an activating group) is 1. The Hall–Kier alpha value is -1.13. The van der Waals surface area contributed by atoms with Crippen molar-refractivity contribution in [2.24, 2.45) is 0 Å². The summed E-state index contributed by atoms with van der Waals surface area (Å²) in [7, 11) is 2.15. The molecule has 0 bridgehead atoms. The number of nitrogens with one attached hydrogen (secondary N) is 1. The highest BCUT2D eigenvalue weighted by atomic mass is 16.5. The van der Waals surface area contributed by atoms with Gasteiger partial charge in [0.05, 0.1) is 6.61 Å². The van der Waals surface area contributed by atoms with Crippen LogP contribution >= 0.6 is 0 Å². The second-order valence-corrected chi connectivity index (χ2v) is 4.51. The van der Waals surface area contributed by atoms with Crippen LogP contribution in [-0.4, -0.2) is 42.7 Å². The van der Waals surface area contributed by atoms with Gasteiger partial charge in [-0.2, -0.15) is 0 Å². The number of nitrogens with zero attached hydrogens (tertiary/aromatic N) is 2. The first-order chi connectivity index (χ1) is 8.29. The van der Waals surface area contributed by atoms with Crippen LogP contribution in [0.15, 0.2) is 18.3 Å². The minimum Gasteiger partial charge on any atom is -0.380 e. The van der Waals surface area contributed by atoms with Crippen LogP contribution in [0.25, 0.3) is 0 Å². The van der Waals surface area contributed by atoms with Crippen molar-refractivity contribution in [2.45, 2.75) is 25.9 Å². The minimum atomic E-state index is 0.559. The van der Waals surface area contributed by atoms with E-state index in [1.807, 2.05) is 12.3 Å². The molecule has 17 heavy (non-hydrogen) atoms. The highest BCUT2D eigenvalue weighted by Gasteiger charge is 2.20. The van der Waals surface area contributed by atoms with E-state index in [1.54, 1.807) is 0 Å². The van der Waals surface area contributed by atoms with Crippen molar-refractivity contribution in [2.75, 3.05) is 32.1 Å². The Bertz CT molecular complexity index is 333. The molecule has 1 fully saturated rings. The number of rotatable bonds is 5. The lowest BCUT2D eigenvalue weighted by Gasteiger charge is -2.22. The maximum Gasteiger partial charge on any atom is 0.125 e. The van der Waals surface area contributed by atoms with Crippen LogP contribution in [0.3, 0.4) is 0 Å². The van der Waals surface area contributed by atoms with Crippen LogP contribution in [0, 0.1) is 0 Å². The number of aromatic nitrogens is 1. The Labute approximate surface area is 103 Å². The second-order valence-electron chi connectivity index (χ2n) is 4.51. The molecular weight excluding hydrogens is 214 g/mol. The van der Waals surface area contributed by atoms with Crippen LogP contribution in [0.2, 0.25) is 0 Å². The molecule has 0 spiro atoms. The molecule has 1 aromatic heterocycles. The molecule has 4 nitrogen and oxygen atoms in total. The molecule has 4 heteroatoms. The van der Waals surface area contributed by atoms with E-state index in [0.29, 0.717) is 6.04 Å². The summed E-state index contributed by atoms with van der Waals surface area (Å²) in [5.74, 6) is 0.947. The third kappa shape index (κ3) is 3.41. The Morgan fingerprint density at radius 2 is 2.41 bits per heavy atom. The third-order valence-electron chi connectivity index (χ3n) is 3.14. The second kappa shape index (κ2) is 5.98. The normalized spacial score (nSPS) is 19.8. The Balaban J connectivity index is 1.89. The summed E-state index contributed by atoms with van der Waals surface area (Å²) in [6, 6.07) is 4.73. The van der Waals surface area contributed by atoms with E-state index in [1.165, 1.54) is 5.56 Å². The molecule has 2 heterocycles. The summed E-state index contributed by atoms with van der Waals surface area (Å²) in [5.41, 5.74) is 1.25. The molecule has 2 rings (SSSR count). The zero-order valence-electron chi connectivity index (χ0n) is 10.6. The van der Waals surface area contributed by atoms with Crippen LogP contribution in [0.1, 0.15) is 18.9 Å². The first kappa shape index (κ1) is 12.3. The molecule has 1 aliphatic rings. The molecule has 0 amide bonds. The zero-order valence-corrected chi connectivity index (χ0v) is 10.6. The molecule has 0 aliphatic carbocycles. The molecule has 0 aromatic carbocycles. The van der Waals surface area contributed by atoms with E-state index >= 15 is 0 Å². The highest BCUT2D eigenvalue weighted by molar-refractivity contribution is 5.35. The molecular formula is C13H21N3O. The fourth-order valence-corrected chi connectivity index (χ4v) is 2.09. The highest BCUT2D eigenvalue weighted by Crippen LogP contribution is 2.14. The lowest BCUT2D eigenvalue weighted by Crippen LogP contribution is -2.31. The maximum atomic E-state index is 5.40. The van der Waals surface area contributed by atoms with Crippen LogP contribution < -0.4 is 5.32 Å². The summed E-state index contributed by atoms with van der Waals surface area (Å²) in [6.45, 7) is 5.68. The van der Waals surface area contributed by atoms with Gasteiger partial charge in [0.1, 0.15) is 5.82 Å². The smallest absolute Gasteiger partial charge is 0.125 e. The average molecular weight is 235 g/mol. The van der Waals surface area contributed by atoms with Gasteiger partial charge in [0.25, 0.3) is 0 Å². The maximum absolute atomic E-state index is 5.40. The Morgan fingerprint density at radius 3 is 3.00 bits per heavy atom. The van der Waals surface area contributed by atoms with E-state index in [0.717, 1.165) is 38.5 Å². The van der Waals surface area contributed by atoms with E-state index in [4.69, 9.17) is 4.74 Å². The third-order valence-corrected chi connectivity index (χ3v) is 3.14. The molecule has 1 saturated heterocycles. The number of ether oxygens (including phenoxy) is 1. The van der Waals surface area contributed by atoms with E-state index in [9.17, 15) is 0 Å². The molecule has 1 atom stereocenters. The van der Waals surface area contributed by atoms with Gasteiger partial charge in [0.2, 0.25) is 0 Å². The van der Waals surface area contributed by atoms with Gasteiger partial charge in [-0.3, -0.25) is 4.90 Å². The van der Waals surface area contributed by atoms with Crippen LogP contribution in [0.5, 0.6) is 0 Å². The first-order valence-electron chi connectivity index (χ1n) is 6.26. The fraction of sp³-hybridized carbons (Fsp3) is 0.615. The van der Waals surface area contributed by atoms with E-state index < -0.39 is 0 Å². The number of anilines is 1. The van der Waals surface area contributed by atoms with Crippen LogP contribution in [-0.2, 0) is 11.3 Å². The summed E-state index contributed by atoms with van der Waals surface area (Å²) >= 11 is 0. The first-order valence-corrected chi connectivity index (χ1v) is 6.26. The molecule has 0 saturated carbocycles. The minimum absolute atomic E-state index is 0.559.